The molecule has 2 aromatic heterocycles. The number of nitrogens with zero attached hydrogens (tertiary/aromatic N) is 1. The molecule has 0 bridgehead atoms. The summed E-state index contributed by atoms with van der Waals surface area (Å²) in [4.78, 5) is 8.90. The van der Waals surface area contributed by atoms with E-state index in [9.17, 15) is 0 Å². The average molecular weight is 214 g/mol. The molecule has 3 aromatic rings. The molecule has 0 amide bonds. The van der Waals surface area contributed by atoms with E-state index in [1.807, 2.05) is 18.5 Å². The van der Waals surface area contributed by atoms with Gasteiger partial charge >= 0.3 is 0 Å². The van der Waals surface area contributed by atoms with Crippen molar-refractivity contribution in [1.29, 1.82) is 0 Å². The molecule has 0 saturated carbocycles. The van der Waals surface area contributed by atoms with Crippen molar-refractivity contribution >= 4 is 22.2 Å². The number of H-pyrrole nitrogens is 1. The van der Waals surface area contributed by atoms with Crippen molar-refractivity contribution in [3.8, 4) is 10.6 Å². The normalized spacial score (nSPS) is 11.0. The van der Waals surface area contributed by atoms with Gasteiger partial charge in [0.25, 0.3) is 0 Å². The van der Waals surface area contributed by atoms with E-state index in [2.05, 4.69) is 34.2 Å². The van der Waals surface area contributed by atoms with E-state index in [1.54, 1.807) is 11.3 Å². The van der Waals surface area contributed by atoms with Crippen molar-refractivity contribution in [1.82, 2.24) is 9.97 Å². The average Bonchev–Trinajstić information content (AvgIpc) is 2.82. The summed E-state index contributed by atoms with van der Waals surface area (Å²) < 4.78 is 0. The van der Waals surface area contributed by atoms with Gasteiger partial charge < -0.3 is 4.98 Å². The van der Waals surface area contributed by atoms with Crippen LogP contribution < -0.4 is 0 Å². The predicted molar refractivity (Wildman–Crippen MR) is 64.1 cm³/mol. The molecule has 3 heteroatoms. The summed E-state index contributed by atoms with van der Waals surface area (Å²) in [5, 5.41) is 1.25. The maximum atomic E-state index is 4.26. The fraction of sp³-hybridized carbons (Fsp3) is 0.0833. The molecule has 0 radical (unpaired) electrons. The van der Waals surface area contributed by atoms with Crippen LogP contribution in [0.4, 0.5) is 0 Å². The van der Waals surface area contributed by atoms with Gasteiger partial charge in [-0.25, -0.2) is 4.98 Å². The molecule has 0 unspecified atom stereocenters. The van der Waals surface area contributed by atoms with Crippen LogP contribution in [0.25, 0.3) is 21.5 Å². The number of para-hydroxylation sites is 1. The zero-order chi connectivity index (χ0) is 10.3. The highest BCUT2D eigenvalue weighted by Gasteiger charge is 2.07. The van der Waals surface area contributed by atoms with Crippen molar-refractivity contribution in [2.24, 2.45) is 0 Å². The van der Waals surface area contributed by atoms with E-state index in [-0.39, 0.29) is 0 Å². The Kier molecular flexibility index (Phi) is 1.86. The molecule has 3 rings (SSSR count). The van der Waals surface area contributed by atoms with E-state index >= 15 is 0 Å². The highest BCUT2D eigenvalue weighted by Crippen LogP contribution is 2.29. The van der Waals surface area contributed by atoms with E-state index in [4.69, 9.17) is 0 Å². The monoisotopic (exact) mass is 214 g/mol. The Bertz CT molecular complexity index is 574. The van der Waals surface area contributed by atoms with Crippen LogP contribution in [0.2, 0.25) is 0 Å². The number of thiazole rings is 1. The summed E-state index contributed by atoms with van der Waals surface area (Å²) in [6.07, 6.45) is 0. The first-order chi connectivity index (χ1) is 7.34. The summed E-state index contributed by atoms with van der Waals surface area (Å²) in [6, 6.07) is 10.5. The van der Waals surface area contributed by atoms with Gasteiger partial charge in [0.2, 0.25) is 0 Å². The molecule has 2 nitrogen and oxygen atoms in total. The number of aromatic nitrogens is 2. The summed E-state index contributed by atoms with van der Waals surface area (Å²) >= 11 is 1.68. The second-order valence-electron chi connectivity index (χ2n) is 3.54. The van der Waals surface area contributed by atoms with Gasteiger partial charge in [-0.3, -0.25) is 0 Å². The second kappa shape index (κ2) is 3.21. The molecule has 2 heterocycles. The highest BCUT2D eigenvalue weighted by molar-refractivity contribution is 7.13. The van der Waals surface area contributed by atoms with Gasteiger partial charge in [-0.2, -0.15) is 0 Å². The largest absolute Gasteiger partial charge is 0.354 e. The third-order valence-electron chi connectivity index (χ3n) is 2.52. The molecule has 0 fully saturated rings. The number of fused-ring (bicyclic) bond motifs is 1. The molecule has 1 N–H and O–H groups in total. The van der Waals surface area contributed by atoms with Crippen LogP contribution in [-0.4, -0.2) is 9.97 Å². The molecule has 15 heavy (non-hydrogen) atoms. The number of hydrogen-bond acceptors (Lipinski definition) is 2. The van der Waals surface area contributed by atoms with Crippen LogP contribution in [0.15, 0.2) is 35.8 Å². The fourth-order valence-electron chi connectivity index (χ4n) is 1.76. The van der Waals surface area contributed by atoms with E-state index in [0.29, 0.717) is 0 Å². The van der Waals surface area contributed by atoms with E-state index in [0.717, 1.165) is 11.4 Å². The van der Waals surface area contributed by atoms with Crippen LogP contribution >= 0.6 is 11.3 Å². The van der Waals surface area contributed by atoms with Crippen LogP contribution in [0.5, 0.6) is 0 Å². The first kappa shape index (κ1) is 8.68. The van der Waals surface area contributed by atoms with Crippen LogP contribution in [0.3, 0.4) is 0 Å². The molecular formula is C12H10N2S. The third kappa shape index (κ3) is 1.36. The van der Waals surface area contributed by atoms with Crippen molar-refractivity contribution in [2.45, 2.75) is 6.92 Å². The summed E-state index contributed by atoms with van der Waals surface area (Å²) in [6.45, 7) is 2.04. The Morgan fingerprint density at radius 2 is 2.13 bits per heavy atom. The Morgan fingerprint density at radius 1 is 1.27 bits per heavy atom. The van der Waals surface area contributed by atoms with Gasteiger partial charge in [0.1, 0.15) is 0 Å². The van der Waals surface area contributed by atoms with Gasteiger partial charge in [-0.1, -0.05) is 18.2 Å². The maximum absolute atomic E-state index is 4.26. The molecule has 74 valence electrons. The Balaban J connectivity index is 2.24. The Hall–Kier alpha value is -1.61. The minimum Gasteiger partial charge on any atom is -0.354 e. The van der Waals surface area contributed by atoms with Crippen molar-refractivity contribution < 1.29 is 0 Å². The molecule has 0 aliphatic rings. The summed E-state index contributed by atoms with van der Waals surface area (Å²) in [5.74, 6) is 0. The van der Waals surface area contributed by atoms with Gasteiger partial charge in [-0.15, -0.1) is 11.3 Å². The molecule has 1 aromatic carbocycles. The lowest BCUT2D eigenvalue weighted by Gasteiger charge is -1.91. The van der Waals surface area contributed by atoms with Crippen molar-refractivity contribution in [3.63, 3.8) is 0 Å². The van der Waals surface area contributed by atoms with E-state index in [1.165, 1.54) is 15.8 Å². The number of aromatic amines is 1. The SMILES string of the molecule is Cc1ncsc1-c1cc2ccccc2[nH]1. The second-order valence-corrected chi connectivity index (χ2v) is 4.39. The smallest absolute Gasteiger partial charge is 0.0801 e. The number of aryl methyl sites for hydroxylation is 1. The lowest BCUT2D eigenvalue weighted by Crippen LogP contribution is -1.76. The first-order valence-corrected chi connectivity index (χ1v) is 5.71. The topological polar surface area (TPSA) is 28.7 Å². The zero-order valence-electron chi connectivity index (χ0n) is 8.32. The van der Waals surface area contributed by atoms with Crippen molar-refractivity contribution in [3.05, 3.63) is 41.5 Å². The van der Waals surface area contributed by atoms with Crippen LogP contribution in [0.1, 0.15) is 5.69 Å². The van der Waals surface area contributed by atoms with Gasteiger partial charge in [0.15, 0.2) is 0 Å². The maximum Gasteiger partial charge on any atom is 0.0801 e. The van der Waals surface area contributed by atoms with Gasteiger partial charge in [-0.05, 0) is 19.1 Å². The molecule has 0 aliphatic heterocycles. The van der Waals surface area contributed by atoms with Crippen LogP contribution in [-0.2, 0) is 0 Å². The molecule has 0 aliphatic carbocycles. The number of nitrogens with one attached hydrogen (secondary N) is 1. The minimum absolute atomic E-state index is 1.09. The number of hydrogen-bond donors (Lipinski definition) is 1. The lowest BCUT2D eigenvalue weighted by atomic mass is 10.2. The summed E-state index contributed by atoms with van der Waals surface area (Å²) in [7, 11) is 0. The first-order valence-electron chi connectivity index (χ1n) is 4.83. The molecule has 0 atom stereocenters. The number of rotatable bonds is 1. The molecular weight excluding hydrogens is 204 g/mol. The summed E-state index contributed by atoms with van der Waals surface area (Å²) in [5.41, 5.74) is 5.32. The zero-order valence-corrected chi connectivity index (χ0v) is 9.14. The van der Waals surface area contributed by atoms with E-state index < -0.39 is 0 Å². The lowest BCUT2D eigenvalue weighted by molar-refractivity contribution is 1.26. The number of benzene rings is 1. The molecule has 0 saturated heterocycles. The van der Waals surface area contributed by atoms with Crippen molar-refractivity contribution in [2.75, 3.05) is 0 Å². The molecule has 0 spiro atoms. The fourth-order valence-corrected chi connectivity index (χ4v) is 2.53. The van der Waals surface area contributed by atoms with Gasteiger partial charge in [0, 0.05) is 10.9 Å². The predicted octanol–water partition coefficient (Wildman–Crippen LogP) is 3.60. The minimum atomic E-state index is 1.09. The highest BCUT2D eigenvalue weighted by atomic mass is 32.1. The Morgan fingerprint density at radius 3 is 2.87 bits per heavy atom. The quantitative estimate of drug-likeness (QED) is 0.658. The standard InChI is InChI=1S/C12H10N2S/c1-8-12(15-7-13-8)11-6-9-4-2-3-5-10(9)14-11/h2-7,14H,1H3. The van der Waals surface area contributed by atoms with Gasteiger partial charge in [0.05, 0.1) is 21.8 Å². The Labute approximate surface area is 91.6 Å². The van der Waals surface area contributed by atoms with Crippen LogP contribution in [0, 0.1) is 6.92 Å². The third-order valence-corrected chi connectivity index (χ3v) is 3.48.